The molecule has 1 saturated carbocycles. The van der Waals surface area contributed by atoms with Crippen molar-refractivity contribution >= 4 is 11.6 Å². The van der Waals surface area contributed by atoms with Gasteiger partial charge >= 0.3 is 0 Å². The van der Waals surface area contributed by atoms with Crippen LogP contribution in [-0.2, 0) is 4.79 Å². The maximum atomic E-state index is 13.1. The van der Waals surface area contributed by atoms with Crippen LogP contribution in [0.2, 0.25) is 0 Å². The summed E-state index contributed by atoms with van der Waals surface area (Å²) in [5.74, 6) is -0.305. The van der Waals surface area contributed by atoms with Crippen molar-refractivity contribution in [2.24, 2.45) is 11.1 Å². The van der Waals surface area contributed by atoms with Crippen LogP contribution in [0.5, 0.6) is 0 Å². The lowest BCUT2D eigenvalue weighted by Crippen LogP contribution is -2.42. The van der Waals surface area contributed by atoms with Gasteiger partial charge < -0.3 is 11.1 Å². The Kier molecular flexibility index (Phi) is 4.76. The van der Waals surface area contributed by atoms with Crippen molar-refractivity contribution in [3.05, 3.63) is 29.6 Å². The number of carbonyl (C=O) groups excluding carboxylic acids is 1. The van der Waals surface area contributed by atoms with Crippen LogP contribution in [0.25, 0.3) is 0 Å². The van der Waals surface area contributed by atoms with Gasteiger partial charge in [-0.15, -0.1) is 0 Å². The van der Waals surface area contributed by atoms with E-state index < -0.39 is 5.41 Å². The number of benzene rings is 1. The average molecular weight is 278 g/mol. The minimum atomic E-state index is -0.461. The number of nitrogens with one attached hydrogen (secondary N) is 1. The maximum Gasteiger partial charge on any atom is 0.231 e. The standard InChI is InChI=1S/C16H23FN2O/c1-12-10-13(17)6-7-14(12)19-15(20)16(11-18)8-4-2-3-5-9-16/h6-7,10H,2-5,8-9,11,18H2,1H3,(H,19,20). The van der Waals surface area contributed by atoms with Gasteiger partial charge in [0.1, 0.15) is 5.82 Å². The molecule has 1 aliphatic carbocycles. The molecule has 0 heterocycles. The van der Waals surface area contributed by atoms with Crippen molar-refractivity contribution in [1.82, 2.24) is 0 Å². The summed E-state index contributed by atoms with van der Waals surface area (Å²) in [6.07, 6.45) is 6.13. The fourth-order valence-electron chi connectivity index (χ4n) is 2.95. The van der Waals surface area contributed by atoms with Crippen LogP contribution in [0.1, 0.15) is 44.1 Å². The third-order valence-corrected chi connectivity index (χ3v) is 4.37. The number of hydrogen-bond acceptors (Lipinski definition) is 2. The summed E-state index contributed by atoms with van der Waals surface area (Å²) in [4.78, 5) is 12.6. The van der Waals surface area contributed by atoms with E-state index in [2.05, 4.69) is 5.32 Å². The van der Waals surface area contributed by atoms with Crippen molar-refractivity contribution in [3.8, 4) is 0 Å². The van der Waals surface area contributed by atoms with Gasteiger partial charge in [-0.05, 0) is 43.5 Å². The van der Waals surface area contributed by atoms with E-state index in [1.165, 1.54) is 25.0 Å². The number of halogens is 1. The van der Waals surface area contributed by atoms with Crippen molar-refractivity contribution in [3.63, 3.8) is 0 Å². The van der Waals surface area contributed by atoms with Crippen LogP contribution < -0.4 is 11.1 Å². The summed E-state index contributed by atoms with van der Waals surface area (Å²) < 4.78 is 13.1. The van der Waals surface area contributed by atoms with Crippen LogP contribution in [0, 0.1) is 18.2 Å². The molecule has 110 valence electrons. The van der Waals surface area contributed by atoms with Crippen molar-refractivity contribution in [2.75, 3.05) is 11.9 Å². The lowest BCUT2D eigenvalue weighted by molar-refractivity contribution is -0.125. The van der Waals surface area contributed by atoms with E-state index in [4.69, 9.17) is 5.73 Å². The van der Waals surface area contributed by atoms with Crippen LogP contribution in [0.15, 0.2) is 18.2 Å². The molecule has 0 aliphatic heterocycles. The highest BCUT2D eigenvalue weighted by Crippen LogP contribution is 2.35. The van der Waals surface area contributed by atoms with E-state index in [1.807, 2.05) is 0 Å². The Bertz CT molecular complexity index is 479. The van der Waals surface area contributed by atoms with Crippen LogP contribution in [0.4, 0.5) is 10.1 Å². The highest BCUT2D eigenvalue weighted by atomic mass is 19.1. The minimum absolute atomic E-state index is 0.0170. The predicted molar refractivity (Wildman–Crippen MR) is 79.0 cm³/mol. The largest absolute Gasteiger partial charge is 0.329 e. The second-order valence-corrected chi connectivity index (χ2v) is 5.81. The normalized spacial score (nSPS) is 18.4. The zero-order valence-corrected chi connectivity index (χ0v) is 12.0. The molecule has 0 spiro atoms. The molecule has 1 amide bonds. The molecule has 1 fully saturated rings. The lowest BCUT2D eigenvalue weighted by atomic mass is 9.79. The quantitative estimate of drug-likeness (QED) is 0.833. The van der Waals surface area contributed by atoms with Gasteiger partial charge in [0.2, 0.25) is 5.91 Å². The fraction of sp³-hybridized carbons (Fsp3) is 0.562. The van der Waals surface area contributed by atoms with Crippen LogP contribution in [0.3, 0.4) is 0 Å². The molecule has 2 rings (SSSR count). The fourth-order valence-corrected chi connectivity index (χ4v) is 2.95. The second kappa shape index (κ2) is 6.35. The Morgan fingerprint density at radius 2 is 1.95 bits per heavy atom. The second-order valence-electron chi connectivity index (χ2n) is 5.81. The van der Waals surface area contributed by atoms with Crippen LogP contribution >= 0.6 is 0 Å². The molecule has 1 aliphatic rings. The maximum absolute atomic E-state index is 13.1. The van der Waals surface area contributed by atoms with E-state index >= 15 is 0 Å². The number of hydrogen-bond donors (Lipinski definition) is 2. The summed E-state index contributed by atoms with van der Waals surface area (Å²) in [6.45, 7) is 2.17. The Hall–Kier alpha value is -1.42. The summed E-state index contributed by atoms with van der Waals surface area (Å²) >= 11 is 0. The third kappa shape index (κ3) is 3.18. The molecule has 0 saturated heterocycles. The SMILES string of the molecule is Cc1cc(F)ccc1NC(=O)C1(CN)CCCCCC1. The lowest BCUT2D eigenvalue weighted by Gasteiger charge is -2.30. The first kappa shape index (κ1) is 15.0. The van der Waals surface area contributed by atoms with E-state index in [0.29, 0.717) is 12.2 Å². The summed E-state index contributed by atoms with van der Waals surface area (Å²) in [5, 5.41) is 2.94. The topological polar surface area (TPSA) is 55.1 Å². The number of aryl methyl sites for hydroxylation is 1. The predicted octanol–water partition coefficient (Wildman–Crippen LogP) is 3.37. The zero-order chi connectivity index (χ0) is 14.6. The van der Waals surface area contributed by atoms with Gasteiger partial charge in [-0.2, -0.15) is 0 Å². The van der Waals surface area contributed by atoms with E-state index in [1.54, 1.807) is 13.0 Å². The van der Waals surface area contributed by atoms with Crippen LogP contribution in [-0.4, -0.2) is 12.5 Å². The highest BCUT2D eigenvalue weighted by Gasteiger charge is 2.37. The zero-order valence-electron chi connectivity index (χ0n) is 12.0. The Morgan fingerprint density at radius 3 is 2.50 bits per heavy atom. The summed E-state index contributed by atoms with van der Waals surface area (Å²) in [7, 11) is 0. The summed E-state index contributed by atoms with van der Waals surface area (Å²) in [6, 6.07) is 4.41. The van der Waals surface area contributed by atoms with E-state index in [-0.39, 0.29) is 11.7 Å². The Morgan fingerprint density at radius 1 is 1.30 bits per heavy atom. The van der Waals surface area contributed by atoms with Gasteiger partial charge in [0, 0.05) is 12.2 Å². The first-order chi connectivity index (χ1) is 9.57. The van der Waals surface area contributed by atoms with E-state index in [0.717, 1.165) is 31.2 Å². The molecule has 0 atom stereocenters. The molecule has 0 unspecified atom stereocenters. The highest BCUT2D eigenvalue weighted by molar-refractivity contribution is 5.96. The number of carbonyl (C=O) groups is 1. The third-order valence-electron chi connectivity index (χ3n) is 4.37. The number of nitrogens with two attached hydrogens (primary N) is 1. The molecule has 1 aromatic rings. The molecule has 4 heteroatoms. The minimum Gasteiger partial charge on any atom is -0.329 e. The molecular weight excluding hydrogens is 255 g/mol. The number of anilines is 1. The van der Waals surface area contributed by atoms with Gasteiger partial charge in [0.15, 0.2) is 0 Å². The van der Waals surface area contributed by atoms with Gasteiger partial charge in [0.25, 0.3) is 0 Å². The van der Waals surface area contributed by atoms with Crippen molar-refractivity contribution in [1.29, 1.82) is 0 Å². The molecule has 3 N–H and O–H groups in total. The van der Waals surface area contributed by atoms with Gasteiger partial charge in [-0.25, -0.2) is 4.39 Å². The Labute approximate surface area is 119 Å². The van der Waals surface area contributed by atoms with Gasteiger partial charge in [-0.1, -0.05) is 25.7 Å². The molecule has 0 bridgehead atoms. The molecule has 0 radical (unpaired) electrons. The molecular formula is C16H23FN2O. The average Bonchev–Trinajstić information content (AvgIpc) is 2.68. The van der Waals surface area contributed by atoms with Gasteiger partial charge in [0.05, 0.1) is 5.41 Å². The smallest absolute Gasteiger partial charge is 0.231 e. The van der Waals surface area contributed by atoms with Crippen molar-refractivity contribution in [2.45, 2.75) is 45.4 Å². The molecule has 0 aromatic heterocycles. The molecule has 3 nitrogen and oxygen atoms in total. The molecule has 1 aromatic carbocycles. The Balaban J connectivity index is 2.16. The first-order valence-electron chi connectivity index (χ1n) is 7.35. The van der Waals surface area contributed by atoms with E-state index in [9.17, 15) is 9.18 Å². The monoisotopic (exact) mass is 278 g/mol. The number of amides is 1. The molecule has 20 heavy (non-hydrogen) atoms. The van der Waals surface area contributed by atoms with Crippen molar-refractivity contribution < 1.29 is 9.18 Å². The number of rotatable bonds is 3. The first-order valence-corrected chi connectivity index (χ1v) is 7.35. The summed E-state index contributed by atoms with van der Waals surface area (Å²) in [5.41, 5.74) is 6.85. The van der Waals surface area contributed by atoms with Gasteiger partial charge in [-0.3, -0.25) is 4.79 Å².